The number of ether oxygens (including phenoxy) is 4. The Labute approximate surface area is 263 Å². The predicted octanol–water partition coefficient (Wildman–Crippen LogP) is 5.31. The van der Waals surface area contributed by atoms with Crippen molar-refractivity contribution in [3.8, 4) is 34.1 Å². The van der Waals surface area contributed by atoms with Crippen molar-refractivity contribution < 1.29 is 34.0 Å². The molecule has 3 aromatic carbocycles. The molecule has 1 fully saturated rings. The minimum Gasteiger partial charge on any atom is -0.493 e. The van der Waals surface area contributed by atoms with E-state index in [4.69, 9.17) is 30.5 Å². The summed E-state index contributed by atoms with van der Waals surface area (Å²) < 4.78 is 24.1. The standard InChI is InChI=1S/C34H41ClN2O7/c1-22-25(7-4-8-27(22)24-9-10-29-32(15-24)42-13-12-41-29)20-44-31-16-30(43-19-23-6-5-11-37(3)18-23)26(14-28(31)35)17-36-34(2,21-38)33(39)40/h4,7-10,14-16,23,36,38H,5-6,11-13,17-21H2,1-3H3,(H,39,40)/t23?,34-/m0/s1. The van der Waals surface area contributed by atoms with Gasteiger partial charge in [-0.1, -0.05) is 35.9 Å². The Bertz CT molecular complexity index is 1480. The van der Waals surface area contributed by atoms with Crippen LogP contribution in [-0.2, 0) is 17.9 Å². The van der Waals surface area contributed by atoms with Crippen molar-refractivity contribution >= 4 is 17.6 Å². The maximum atomic E-state index is 11.8. The molecule has 3 aromatic rings. The van der Waals surface area contributed by atoms with Gasteiger partial charge in [-0.05, 0) is 80.7 Å². The van der Waals surface area contributed by atoms with E-state index in [9.17, 15) is 15.0 Å². The van der Waals surface area contributed by atoms with Crippen molar-refractivity contribution in [3.63, 3.8) is 0 Å². The minimum absolute atomic E-state index is 0.139. The third-order valence-electron chi connectivity index (χ3n) is 8.45. The van der Waals surface area contributed by atoms with Crippen LogP contribution in [0.1, 0.15) is 36.5 Å². The lowest BCUT2D eigenvalue weighted by molar-refractivity contribution is -0.145. The summed E-state index contributed by atoms with van der Waals surface area (Å²) in [5, 5.41) is 22.6. The molecule has 10 heteroatoms. The van der Waals surface area contributed by atoms with Gasteiger partial charge in [-0.25, -0.2) is 0 Å². The van der Waals surface area contributed by atoms with Crippen LogP contribution in [0.15, 0.2) is 48.5 Å². The molecule has 1 unspecified atom stereocenters. The van der Waals surface area contributed by atoms with Crippen LogP contribution in [0.2, 0.25) is 5.02 Å². The van der Waals surface area contributed by atoms with Crippen LogP contribution in [0.5, 0.6) is 23.0 Å². The number of halogens is 1. The summed E-state index contributed by atoms with van der Waals surface area (Å²) in [7, 11) is 2.11. The number of fused-ring (bicyclic) bond motifs is 1. The summed E-state index contributed by atoms with van der Waals surface area (Å²) in [6.45, 7) is 7.00. The van der Waals surface area contributed by atoms with Crippen molar-refractivity contribution in [3.05, 3.63) is 70.2 Å². The average Bonchev–Trinajstić information content (AvgIpc) is 3.02. The lowest BCUT2D eigenvalue weighted by Crippen LogP contribution is -2.52. The molecule has 0 bridgehead atoms. The first kappa shape index (κ1) is 31.9. The van der Waals surface area contributed by atoms with Crippen LogP contribution < -0.4 is 24.3 Å². The summed E-state index contributed by atoms with van der Waals surface area (Å²) in [6.07, 6.45) is 2.20. The highest BCUT2D eigenvalue weighted by Gasteiger charge is 2.32. The molecule has 2 heterocycles. The van der Waals surface area contributed by atoms with Crippen molar-refractivity contribution in [2.75, 3.05) is 46.6 Å². The zero-order chi connectivity index (χ0) is 31.3. The maximum Gasteiger partial charge on any atom is 0.326 e. The number of rotatable bonds is 12. The molecule has 236 valence electrons. The van der Waals surface area contributed by atoms with Crippen LogP contribution in [0.3, 0.4) is 0 Å². The van der Waals surface area contributed by atoms with Gasteiger partial charge in [-0.2, -0.15) is 0 Å². The van der Waals surface area contributed by atoms with Crippen molar-refractivity contribution in [1.82, 2.24) is 10.2 Å². The van der Waals surface area contributed by atoms with Crippen LogP contribution in [0, 0.1) is 12.8 Å². The largest absolute Gasteiger partial charge is 0.493 e. The minimum atomic E-state index is -1.51. The molecular formula is C34H41ClN2O7. The third-order valence-corrected chi connectivity index (χ3v) is 8.75. The molecule has 0 radical (unpaired) electrons. The monoisotopic (exact) mass is 624 g/mol. The number of carboxylic acid groups (broad SMARTS) is 1. The number of nitrogens with one attached hydrogen (secondary N) is 1. The number of hydrogen-bond donors (Lipinski definition) is 3. The second-order valence-electron chi connectivity index (χ2n) is 11.9. The van der Waals surface area contributed by atoms with E-state index in [-0.39, 0.29) is 13.2 Å². The van der Waals surface area contributed by atoms with Crippen LogP contribution >= 0.6 is 11.6 Å². The van der Waals surface area contributed by atoms with Gasteiger partial charge in [0.1, 0.15) is 36.9 Å². The normalized spacial score (nSPS) is 18.0. The van der Waals surface area contributed by atoms with Gasteiger partial charge in [0.15, 0.2) is 11.5 Å². The van der Waals surface area contributed by atoms with Crippen molar-refractivity contribution in [2.24, 2.45) is 5.92 Å². The molecule has 0 amide bonds. The second kappa shape index (κ2) is 14.1. The zero-order valence-electron chi connectivity index (χ0n) is 25.5. The van der Waals surface area contributed by atoms with Gasteiger partial charge in [-0.3, -0.25) is 10.1 Å². The van der Waals surface area contributed by atoms with Crippen LogP contribution in [0.25, 0.3) is 11.1 Å². The molecule has 3 N–H and O–H groups in total. The number of aliphatic hydroxyl groups is 1. The number of benzene rings is 3. The Hall–Kier alpha value is -3.50. The molecule has 2 aliphatic heterocycles. The zero-order valence-corrected chi connectivity index (χ0v) is 26.3. The summed E-state index contributed by atoms with van der Waals surface area (Å²) >= 11 is 6.71. The van der Waals surface area contributed by atoms with Gasteiger partial charge >= 0.3 is 5.97 Å². The fourth-order valence-corrected chi connectivity index (χ4v) is 5.83. The van der Waals surface area contributed by atoms with E-state index in [0.717, 1.165) is 59.7 Å². The summed E-state index contributed by atoms with van der Waals surface area (Å²) in [5.41, 5.74) is 3.36. The van der Waals surface area contributed by atoms with Gasteiger partial charge in [-0.15, -0.1) is 0 Å². The number of likely N-dealkylation sites (tertiary alicyclic amines) is 1. The van der Waals surface area contributed by atoms with E-state index in [1.165, 1.54) is 6.92 Å². The molecule has 0 aromatic heterocycles. The van der Waals surface area contributed by atoms with E-state index in [2.05, 4.69) is 30.3 Å². The summed E-state index contributed by atoms with van der Waals surface area (Å²) in [4.78, 5) is 14.1. The lowest BCUT2D eigenvalue weighted by Gasteiger charge is -2.30. The number of nitrogens with zero attached hydrogens (tertiary/aromatic N) is 1. The van der Waals surface area contributed by atoms with Crippen molar-refractivity contribution in [1.29, 1.82) is 0 Å². The number of piperidine rings is 1. The highest BCUT2D eigenvalue weighted by atomic mass is 35.5. The SMILES string of the molecule is Cc1c(COc2cc(OCC3CCCN(C)C3)c(CN[C@@](C)(CO)C(=O)O)cc2Cl)cccc1-c1ccc2c(c1)OCCO2. The van der Waals surface area contributed by atoms with Crippen molar-refractivity contribution in [2.45, 2.75) is 45.4 Å². The first-order valence-corrected chi connectivity index (χ1v) is 15.4. The molecule has 2 atom stereocenters. The molecule has 0 spiro atoms. The van der Waals surface area contributed by atoms with Gasteiger partial charge in [0.25, 0.3) is 0 Å². The fourth-order valence-electron chi connectivity index (χ4n) is 5.58. The van der Waals surface area contributed by atoms with E-state index < -0.39 is 18.1 Å². The third kappa shape index (κ3) is 7.41. The van der Waals surface area contributed by atoms with Crippen LogP contribution in [0.4, 0.5) is 0 Å². The fraction of sp³-hybridized carbons (Fsp3) is 0.441. The number of hydrogen-bond acceptors (Lipinski definition) is 8. The molecule has 9 nitrogen and oxygen atoms in total. The first-order valence-electron chi connectivity index (χ1n) is 15.0. The summed E-state index contributed by atoms with van der Waals surface area (Å²) in [6, 6.07) is 15.6. The second-order valence-corrected chi connectivity index (χ2v) is 12.3. The molecule has 1 saturated heterocycles. The molecule has 0 saturated carbocycles. The average molecular weight is 625 g/mol. The number of aliphatic carboxylic acids is 1. The Balaban J connectivity index is 1.36. The first-order chi connectivity index (χ1) is 21.2. The lowest BCUT2D eigenvalue weighted by atomic mass is 9.96. The van der Waals surface area contributed by atoms with E-state index >= 15 is 0 Å². The highest BCUT2D eigenvalue weighted by Crippen LogP contribution is 2.37. The molecule has 44 heavy (non-hydrogen) atoms. The van der Waals surface area contributed by atoms with E-state index in [0.29, 0.717) is 47.8 Å². The molecule has 5 rings (SSSR count). The van der Waals surface area contributed by atoms with E-state index in [1.807, 2.05) is 30.3 Å². The number of carbonyl (C=O) groups is 1. The predicted molar refractivity (Wildman–Crippen MR) is 169 cm³/mol. The summed E-state index contributed by atoms with van der Waals surface area (Å²) in [5.74, 6) is 1.76. The highest BCUT2D eigenvalue weighted by molar-refractivity contribution is 6.32. The topological polar surface area (TPSA) is 110 Å². The Morgan fingerprint density at radius 3 is 2.64 bits per heavy atom. The molecule has 0 aliphatic carbocycles. The molecule has 2 aliphatic rings. The van der Waals surface area contributed by atoms with Gasteiger partial charge in [0, 0.05) is 30.6 Å². The number of carboxylic acids is 1. The Morgan fingerprint density at radius 1 is 1.09 bits per heavy atom. The van der Waals surface area contributed by atoms with Gasteiger partial charge < -0.3 is 34.1 Å². The van der Waals surface area contributed by atoms with Gasteiger partial charge in [0.2, 0.25) is 0 Å². The Morgan fingerprint density at radius 2 is 1.89 bits per heavy atom. The maximum absolute atomic E-state index is 11.8. The van der Waals surface area contributed by atoms with Crippen LogP contribution in [-0.4, -0.2) is 73.2 Å². The van der Waals surface area contributed by atoms with Gasteiger partial charge in [0.05, 0.1) is 18.2 Å². The number of aliphatic hydroxyl groups excluding tert-OH is 1. The van der Waals surface area contributed by atoms with E-state index in [1.54, 1.807) is 12.1 Å². The smallest absolute Gasteiger partial charge is 0.326 e. The Kier molecular flexibility index (Phi) is 10.2. The quantitative estimate of drug-likeness (QED) is 0.247. The molecular weight excluding hydrogens is 584 g/mol.